The molecule has 0 radical (unpaired) electrons. The lowest BCUT2D eigenvalue weighted by Gasteiger charge is -2.06. The Morgan fingerprint density at radius 2 is 1.69 bits per heavy atom. The predicted octanol–water partition coefficient (Wildman–Crippen LogP) is 3.51. The molecule has 0 spiro atoms. The maximum absolute atomic E-state index is 12.2. The summed E-state index contributed by atoms with van der Waals surface area (Å²) in [6.07, 6.45) is 1.63. The summed E-state index contributed by atoms with van der Waals surface area (Å²) >= 11 is 1.40. The summed E-state index contributed by atoms with van der Waals surface area (Å²) in [5.41, 5.74) is 1.53. The summed E-state index contributed by atoms with van der Waals surface area (Å²) in [5, 5.41) is 2.74. The maximum atomic E-state index is 12.2. The molecule has 154 valence electrons. The van der Waals surface area contributed by atoms with E-state index in [-0.39, 0.29) is 36.9 Å². The van der Waals surface area contributed by atoms with Gasteiger partial charge in [-0.05, 0) is 37.5 Å². The second kappa shape index (κ2) is 11.3. The van der Waals surface area contributed by atoms with Crippen molar-refractivity contribution in [3.8, 4) is 0 Å². The van der Waals surface area contributed by atoms with Gasteiger partial charge in [-0.2, -0.15) is 0 Å². The van der Waals surface area contributed by atoms with Crippen molar-refractivity contribution in [2.75, 3.05) is 13.2 Å². The van der Waals surface area contributed by atoms with Crippen LogP contribution in [-0.4, -0.2) is 36.6 Å². The minimum atomic E-state index is -0.561. The van der Waals surface area contributed by atoms with Crippen LogP contribution in [0.4, 0.5) is 0 Å². The Morgan fingerprint density at radius 1 is 0.966 bits per heavy atom. The number of ketones is 2. The Morgan fingerprint density at radius 3 is 2.31 bits per heavy atom. The largest absolute Gasteiger partial charge is 0.457 e. The van der Waals surface area contributed by atoms with E-state index >= 15 is 0 Å². The van der Waals surface area contributed by atoms with Crippen molar-refractivity contribution in [2.24, 2.45) is 0 Å². The van der Waals surface area contributed by atoms with E-state index < -0.39 is 5.97 Å². The molecule has 29 heavy (non-hydrogen) atoms. The first-order valence-electron chi connectivity index (χ1n) is 9.47. The third-order valence-electron chi connectivity index (χ3n) is 4.23. The van der Waals surface area contributed by atoms with E-state index in [1.165, 1.54) is 18.3 Å². The number of hydrogen-bond donors (Lipinski definition) is 1. The highest BCUT2D eigenvalue weighted by atomic mass is 32.1. The first-order chi connectivity index (χ1) is 13.8. The van der Waals surface area contributed by atoms with Gasteiger partial charge >= 0.3 is 5.97 Å². The molecule has 6 nitrogen and oxygen atoms in total. The number of amides is 1. The highest BCUT2D eigenvalue weighted by molar-refractivity contribution is 7.14. The molecule has 1 amide bonds. The number of ether oxygens (including phenoxy) is 1. The van der Waals surface area contributed by atoms with Crippen molar-refractivity contribution in [2.45, 2.75) is 39.5 Å². The second-order valence-electron chi connectivity index (χ2n) is 6.70. The fourth-order valence-electron chi connectivity index (χ4n) is 2.64. The van der Waals surface area contributed by atoms with Crippen LogP contribution in [0.25, 0.3) is 0 Å². The third-order valence-corrected chi connectivity index (χ3v) is 5.27. The molecule has 1 heterocycles. The molecule has 0 fully saturated rings. The van der Waals surface area contributed by atoms with Gasteiger partial charge in [-0.15, -0.1) is 11.3 Å². The number of thiophene rings is 1. The van der Waals surface area contributed by atoms with Gasteiger partial charge in [0.2, 0.25) is 5.91 Å². The highest BCUT2D eigenvalue weighted by Gasteiger charge is 2.14. The molecule has 0 bridgehead atoms. The van der Waals surface area contributed by atoms with Crippen molar-refractivity contribution in [1.82, 2.24) is 5.32 Å². The molecule has 0 unspecified atom stereocenters. The smallest absolute Gasteiger partial charge is 0.306 e. The zero-order valence-electron chi connectivity index (χ0n) is 16.7. The monoisotopic (exact) mass is 415 g/mol. The molecule has 2 aromatic rings. The van der Waals surface area contributed by atoms with Crippen LogP contribution in [0, 0.1) is 6.92 Å². The average molecular weight is 416 g/mol. The van der Waals surface area contributed by atoms with Gasteiger partial charge in [0.05, 0.1) is 11.3 Å². The van der Waals surface area contributed by atoms with Gasteiger partial charge < -0.3 is 10.1 Å². The number of hydrogen-bond acceptors (Lipinski definition) is 6. The van der Waals surface area contributed by atoms with Gasteiger partial charge in [0.1, 0.15) is 0 Å². The first kappa shape index (κ1) is 22.5. The van der Waals surface area contributed by atoms with E-state index in [0.717, 1.165) is 23.3 Å². The van der Waals surface area contributed by atoms with Gasteiger partial charge in [0.15, 0.2) is 18.2 Å². The van der Waals surface area contributed by atoms with Crippen LogP contribution in [0.1, 0.15) is 56.7 Å². The summed E-state index contributed by atoms with van der Waals surface area (Å²) in [7, 11) is 0. The average Bonchev–Trinajstić information content (AvgIpc) is 3.14. The molecular weight excluding hydrogens is 390 g/mol. The standard InChI is InChI=1S/C22H25NO5S/c1-15-5-11-21(29-15)19(25)10-12-22(27)28-14-20(26)18-8-6-17(7-9-18)4-3-13-23-16(2)24/h5-9,11H,3-4,10,12-14H2,1-2H3,(H,23,24). The van der Waals surface area contributed by atoms with E-state index in [1.54, 1.807) is 18.2 Å². The second-order valence-corrected chi connectivity index (χ2v) is 7.99. The fraction of sp³-hybridized carbons (Fsp3) is 0.364. The first-order valence-corrected chi connectivity index (χ1v) is 10.3. The summed E-state index contributed by atoms with van der Waals surface area (Å²) in [5.74, 6) is -0.995. The molecule has 1 aromatic carbocycles. The van der Waals surface area contributed by atoms with E-state index in [9.17, 15) is 19.2 Å². The van der Waals surface area contributed by atoms with Gasteiger partial charge in [-0.25, -0.2) is 0 Å². The number of Topliss-reactive ketones (excluding diaryl/α,β-unsaturated/α-hetero) is 2. The number of rotatable bonds is 11. The molecule has 0 aliphatic carbocycles. The Balaban J connectivity index is 1.70. The SMILES string of the molecule is CC(=O)NCCCc1ccc(C(=O)COC(=O)CCC(=O)c2ccc(C)s2)cc1. The molecule has 1 aromatic heterocycles. The molecular formula is C22H25NO5S. The normalized spacial score (nSPS) is 10.4. The Labute approximate surface area is 174 Å². The number of carbonyl (C=O) groups is 4. The molecule has 0 atom stereocenters. The maximum Gasteiger partial charge on any atom is 0.306 e. The molecule has 7 heteroatoms. The quantitative estimate of drug-likeness (QED) is 0.345. The van der Waals surface area contributed by atoms with Crippen LogP contribution < -0.4 is 5.32 Å². The summed E-state index contributed by atoms with van der Waals surface area (Å²) in [6.45, 7) is 3.67. The van der Waals surface area contributed by atoms with Crippen LogP contribution in [0.2, 0.25) is 0 Å². The van der Waals surface area contributed by atoms with Crippen molar-refractivity contribution in [3.05, 3.63) is 57.3 Å². The Bertz CT molecular complexity index is 870. The molecule has 0 saturated carbocycles. The minimum Gasteiger partial charge on any atom is -0.457 e. The van der Waals surface area contributed by atoms with Crippen molar-refractivity contribution in [3.63, 3.8) is 0 Å². The lowest BCUT2D eigenvalue weighted by Crippen LogP contribution is -2.21. The highest BCUT2D eigenvalue weighted by Crippen LogP contribution is 2.17. The van der Waals surface area contributed by atoms with E-state index in [1.807, 2.05) is 25.1 Å². The van der Waals surface area contributed by atoms with Gasteiger partial charge in [0.25, 0.3) is 0 Å². The predicted molar refractivity (Wildman–Crippen MR) is 111 cm³/mol. The van der Waals surface area contributed by atoms with Gasteiger partial charge in [-0.1, -0.05) is 24.3 Å². The molecule has 0 saturated heterocycles. The number of aryl methyl sites for hydroxylation is 2. The number of carbonyl (C=O) groups excluding carboxylic acids is 4. The number of benzene rings is 1. The van der Waals surface area contributed by atoms with Crippen LogP contribution in [0.3, 0.4) is 0 Å². The zero-order valence-corrected chi connectivity index (χ0v) is 17.5. The van der Waals surface area contributed by atoms with Crippen LogP contribution in [-0.2, 0) is 20.7 Å². The van der Waals surface area contributed by atoms with Gasteiger partial charge in [0, 0.05) is 30.3 Å². The molecule has 1 N–H and O–H groups in total. The number of nitrogens with one attached hydrogen (secondary N) is 1. The van der Waals surface area contributed by atoms with E-state index in [0.29, 0.717) is 17.0 Å². The van der Waals surface area contributed by atoms with Crippen LogP contribution in [0.15, 0.2) is 36.4 Å². The zero-order chi connectivity index (χ0) is 21.2. The van der Waals surface area contributed by atoms with Crippen molar-refractivity contribution < 1.29 is 23.9 Å². The molecule has 2 rings (SSSR count). The van der Waals surface area contributed by atoms with Gasteiger partial charge in [-0.3, -0.25) is 19.2 Å². The van der Waals surface area contributed by atoms with Crippen LogP contribution in [0.5, 0.6) is 0 Å². The lowest BCUT2D eigenvalue weighted by atomic mass is 10.1. The number of esters is 1. The minimum absolute atomic E-state index is 0.0453. The molecule has 0 aliphatic heterocycles. The summed E-state index contributed by atoms with van der Waals surface area (Å²) < 4.78 is 5.00. The van der Waals surface area contributed by atoms with Crippen molar-refractivity contribution >= 4 is 34.8 Å². The third kappa shape index (κ3) is 7.99. The Hall–Kier alpha value is -2.80. The summed E-state index contributed by atoms with van der Waals surface area (Å²) in [6, 6.07) is 10.7. The van der Waals surface area contributed by atoms with Crippen LogP contribution >= 0.6 is 11.3 Å². The fourth-order valence-corrected chi connectivity index (χ4v) is 3.47. The van der Waals surface area contributed by atoms with E-state index in [2.05, 4.69) is 5.32 Å². The van der Waals surface area contributed by atoms with E-state index in [4.69, 9.17) is 4.74 Å². The topological polar surface area (TPSA) is 89.5 Å². The van der Waals surface area contributed by atoms with Crippen molar-refractivity contribution in [1.29, 1.82) is 0 Å². The Kier molecular flexibility index (Phi) is 8.73. The lowest BCUT2D eigenvalue weighted by molar-refractivity contribution is -0.142. The summed E-state index contributed by atoms with van der Waals surface area (Å²) in [4.78, 5) is 48.5. The molecule has 0 aliphatic rings.